The number of para-hydroxylation sites is 2. The molecule has 0 saturated heterocycles. The Hall–Kier alpha value is -3.44. The molecule has 0 aliphatic carbocycles. The number of ether oxygens (including phenoxy) is 2. The Kier molecular flexibility index (Phi) is 4.91. The van der Waals surface area contributed by atoms with Crippen LogP contribution in [-0.2, 0) is 11.3 Å². The van der Waals surface area contributed by atoms with Gasteiger partial charge in [0, 0.05) is 24.4 Å². The third-order valence-electron chi connectivity index (χ3n) is 4.68. The van der Waals surface area contributed by atoms with Gasteiger partial charge in [-0.1, -0.05) is 30.3 Å². The van der Waals surface area contributed by atoms with Crippen LogP contribution in [0.2, 0.25) is 0 Å². The average molecular weight is 373 g/mol. The van der Waals surface area contributed by atoms with E-state index in [1.54, 1.807) is 55.6 Å². The molecule has 1 aromatic heterocycles. The summed E-state index contributed by atoms with van der Waals surface area (Å²) in [6.07, 6.45) is 0. The molecule has 4 aromatic rings. The van der Waals surface area contributed by atoms with Gasteiger partial charge < -0.3 is 14.0 Å². The summed E-state index contributed by atoms with van der Waals surface area (Å²) in [4.78, 5) is 25.6. The molecule has 3 aromatic carbocycles. The van der Waals surface area contributed by atoms with E-state index >= 15 is 0 Å². The van der Waals surface area contributed by atoms with E-state index in [2.05, 4.69) is 0 Å². The maximum atomic E-state index is 13.1. The van der Waals surface area contributed by atoms with Gasteiger partial charge in [0.2, 0.25) is 0 Å². The number of rotatable bonds is 5. The summed E-state index contributed by atoms with van der Waals surface area (Å²) in [6.45, 7) is 1.11. The van der Waals surface area contributed by atoms with E-state index in [0.29, 0.717) is 35.2 Å². The van der Waals surface area contributed by atoms with Crippen molar-refractivity contribution in [3.63, 3.8) is 0 Å². The number of fused-ring (bicyclic) bond motifs is 2. The Morgan fingerprint density at radius 1 is 0.893 bits per heavy atom. The van der Waals surface area contributed by atoms with E-state index in [1.165, 1.54) is 0 Å². The fourth-order valence-electron chi connectivity index (χ4n) is 3.33. The van der Waals surface area contributed by atoms with Crippen LogP contribution in [0.3, 0.4) is 0 Å². The van der Waals surface area contributed by atoms with E-state index in [4.69, 9.17) is 9.47 Å². The van der Waals surface area contributed by atoms with Gasteiger partial charge in [0.05, 0.1) is 23.2 Å². The van der Waals surface area contributed by atoms with Crippen molar-refractivity contribution in [3.8, 4) is 5.75 Å². The lowest BCUT2D eigenvalue weighted by molar-refractivity contribution is 0.0735. The summed E-state index contributed by atoms with van der Waals surface area (Å²) in [6, 6.07) is 21.4. The maximum Gasteiger partial charge on any atom is 0.343 e. The number of pyridine rings is 1. The molecule has 0 amide bonds. The molecule has 0 unspecified atom stereocenters. The van der Waals surface area contributed by atoms with Crippen LogP contribution in [0.25, 0.3) is 21.8 Å². The molecular formula is C23H19NO4. The average Bonchev–Trinajstić information content (AvgIpc) is 2.74. The van der Waals surface area contributed by atoms with Gasteiger partial charge in [0.25, 0.3) is 0 Å². The first kappa shape index (κ1) is 17.9. The Morgan fingerprint density at radius 2 is 1.61 bits per heavy atom. The number of methoxy groups -OCH3 is 1. The van der Waals surface area contributed by atoms with Crippen molar-refractivity contribution >= 4 is 27.8 Å². The van der Waals surface area contributed by atoms with Crippen LogP contribution in [0.4, 0.5) is 0 Å². The van der Waals surface area contributed by atoms with Crippen molar-refractivity contribution in [2.24, 2.45) is 0 Å². The minimum atomic E-state index is -0.496. The van der Waals surface area contributed by atoms with Crippen LogP contribution < -0.4 is 10.2 Å². The summed E-state index contributed by atoms with van der Waals surface area (Å²) < 4.78 is 12.7. The molecule has 0 spiro atoms. The van der Waals surface area contributed by atoms with Crippen molar-refractivity contribution in [3.05, 3.63) is 88.6 Å². The zero-order valence-electron chi connectivity index (χ0n) is 15.4. The summed E-state index contributed by atoms with van der Waals surface area (Å²) in [5.74, 6) is -0.0345. The van der Waals surface area contributed by atoms with Crippen molar-refractivity contribution in [2.45, 2.75) is 6.54 Å². The number of carbonyl (C=O) groups excluding carboxylic acids is 1. The van der Waals surface area contributed by atoms with Gasteiger partial charge >= 0.3 is 5.97 Å². The first-order valence-electron chi connectivity index (χ1n) is 9.00. The first-order chi connectivity index (χ1) is 13.7. The predicted octanol–water partition coefficient (Wildman–Crippen LogP) is 4.02. The molecule has 0 aliphatic rings. The predicted molar refractivity (Wildman–Crippen MR) is 109 cm³/mol. The fraction of sp³-hybridized carbons (Fsp3) is 0.130. The lowest BCUT2D eigenvalue weighted by Crippen LogP contribution is -2.15. The van der Waals surface area contributed by atoms with Crippen LogP contribution in [0.1, 0.15) is 10.4 Å². The standard InChI is InChI=1S/C23H19NO4/c1-27-14-13-24-20-10-6-5-9-18(20)22(25)19-15-16(11-12-21(19)24)23(26)28-17-7-3-2-4-8-17/h2-12,15H,13-14H2,1H3. The molecule has 0 fully saturated rings. The SMILES string of the molecule is COCCn1c2ccccc2c(=O)c2cc(C(=O)Oc3ccccc3)ccc21. The number of aromatic nitrogens is 1. The van der Waals surface area contributed by atoms with Crippen LogP contribution in [0.5, 0.6) is 5.75 Å². The van der Waals surface area contributed by atoms with Crippen LogP contribution in [0, 0.1) is 0 Å². The lowest BCUT2D eigenvalue weighted by Gasteiger charge is -2.15. The highest BCUT2D eigenvalue weighted by Crippen LogP contribution is 2.21. The molecule has 5 nitrogen and oxygen atoms in total. The molecular weight excluding hydrogens is 354 g/mol. The molecule has 140 valence electrons. The van der Waals surface area contributed by atoms with Crippen molar-refractivity contribution in [2.75, 3.05) is 13.7 Å². The molecule has 28 heavy (non-hydrogen) atoms. The summed E-state index contributed by atoms with van der Waals surface area (Å²) in [7, 11) is 1.64. The van der Waals surface area contributed by atoms with Gasteiger partial charge in [-0.2, -0.15) is 0 Å². The summed E-state index contributed by atoms with van der Waals surface area (Å²) in [5.41, 5.74) is 1.84. The quantitative estimate of drug-likeness (QED) is 0.301. The second-order valence-electron chi connectivity index (χ2n) is 6.43. The Morgan fingerprint density at radius 3 is 2.39 bits per heavy atom. The van der Waals surface area contributed by atoms with E-state index in [9.17, 15) is 9.59 Å². The number of carbonyl (C=O) groups is 1. The van der Waals surface area contributed by atoms with Gasteiger partial charge in [-0.05, 0) is 42.5 Å². The molecule has 0 atom stereocenters. The molecule has 0 N–H and O–H groups in total. The molecule has 4 rings (SSSR count). The lowest BCUT2D eigenvalue weighted by atomic mass is 10.1. The highest BCUT2D eigenvalue weighted by Gasteiger charge is 2.15. The Balaban J connectivity index is 1.85. The zero-order chi connectivity index (χ0) is 19.5. The first-order valence-corrected chi connectivity index (χ1v) is 9.00. The van der Waals surface area contributed by atoms with Gasteiger partial charge in [-0.3, -0.25) is 4.79 Å². The van der Waals surface area contributed by atoms with Gasteiger partial charge in [-0.15, -0.1) is 0 Å². The van der Waals surface area contributed by atoms with Crippen LogP contribution >= 0.6 is 0 Å². The van der Waals surface area contributed by atoms with Crippen LogP contribution in [0.15, 0.2) is 77.6 Å². The smallest absolute Gasteiger partial charge is 0.343 e. The maximum absolute atomic E-state index is 13.1. The largest absolute Gasteiger partial charge is 0.423 e. The third kappa shape index (κ3) is 3.28. The van der Waals surface area contributed by atoms with Crippen molar-refractivity contribution < 1.29 is 14.3 Å². The molecule has 0 saturated carbocycles. The van der Waals surface area contributed by atoms with Crippen molar-refractivity contribution in [1.82, 2.24) is 4.57 Å². The van der Waals surface area contributed by atoms with E-state index in [-0.39, 0.29) is 5.43 Å². The molecule has 0 aliphatic heterocycles. The summed E-state index contributed by atoms with van der Waals surface area (Å²) >= 11 is 0. The van der Waals surface area contributed by atoms with Gasteiger partial charge in [0.15, 0.2) is 5.43 Å². The number of hydrogen-bond acceptors (Lipinski definition) is 4. The van der Waals surface area contributed by atoms with Crippen molar-refractivity contribution in [1.29, 1.82) is 0 Å². The highest BCUT2D eigenvalue weighted by atomic mass is 16.5. The number of hydrogen-bond donors (Lipinski definition) is 0. The fourth-order valence-corrected chi connectivity index (χ4v) is 3.33. The van der Waals surface area contributed by atoms with Gasteiger partial charge in [-0.25, -0.2) is 4.79 Å². The highest BCUT2D eigenvalue weighted by molar-refractivity contribution is 5.99. The van der Waals surface area contributed by atoms with Crippen LogP contribution in [-0.4, -0.2) is 24.3 Å². The second-order valence-corrected chi connectivity index (χ2v) is 6.43. The zero-order valence-corrected chi connectivity index (χ0v) is 15.4. The molecule has 1 heterocycles. The molecule has 0 radical (unpaired) electrons. The summed E-state index contributed by atoms with van der Waals surface area (Å²) in [5, 5.41) is 1.09. The van der Waals surface area contributed by atoms with E-state index in [0.717, 1.165) is 11.0 Å². The molecule has 5 heteroatoms. The minimum Gasteiger partial charge on any atom is -0.423 e. The molecule has 0 bridgehead atoms. The number of benzene rings is 3. The minimum absolute atomic E-state index is 0.103. The topological polar surface area (TPSA) is 57.5 Å². The Labute approximate surface area is 161 Å². The Bertz CT molecular complexity index is 1210. The van der Waals surface area contributed by atoms with E-state index in [1.807, 2.05) is 28.8 Å². The second kappa shape index (κ2) is 7.66. The number of nitrogens with zero attached hydrogens (tertiary/aromatic N) is 1. The number of esters is 1. The van der Waals surface area contributed by atoms with Gasteiger partial charge in [0.1, 0.15) is 5.75 Å². The normalized spacial score (nSPS) is 11.0. The monoisotopic (exact) mass is 373 g/mol. The van der Waals surface area contributed by atoms with E-state index < -0.39 is 5.97 Å². The third-order valence-corrected chi connectivity index (χ3v) is 4.68.